The molecule has 0 saturated heterocycles. The fourth-order valence-corrected chi connectivity index (χ4v) is 2.34. The third-order valence-corrected chi connectivity index (χ3v) is 3.47. The molecule has 0 aliphatic carbocycles. The summed E-state index contributed by atoms with van der Waals surface area (Å²) in [5.74, 6) is 0.605. The second kappa shape index (κ2) is 6.63. The molecule has 0 fully saturated rings. The van der Waals surface area contributed by atoms with Gasteiger partial charge in [0.25, 0.3) is 0 Å². The van der Waals surface area contributed by atoms with Gasteiger partial charge in [-0.05, 0) is 20.4 Å². The van der Waals surface area contributed by atoms with E-state index in [9.17, 15) is 0 Å². The Bertz CT molecular complexity index is 510. The average Bonchev–Trinajstić information content (AvgIpc) is 2.99. The molecule has 1 atom stereocenters. The molecule has 1 unspecified atom stereocenters. The SMILES string of the molecule is CCNC(C)c1nnc(NCCc2csc(C)n2)o1. The summed E-state index contributed by atoms with van der Waals surface area (Å²) >= 11 is 1.67. The van der Waals surface area contributed by atoms with Gasteiger partial charge in [0, 0.05) is 18.3 Å². The molecule has 2 heterocycles. The molecule has 0 aliphatic rings. The minimum absolute atomic E-state index is 0.0780. The van der Waals surface area contributed by atoms with Gasteiger partial charge in [0.2, 0.25) is 5.89 Å². The van der Waals surface area contributed by atoms with Gasteiger partial charge in [-0.1, -0.05) is 12.0 Å². The van der Waals surface area contributed by atoms with E-state index in [0.717, 1.165) is 30.2 Å². The Morgan fingerprint density at radius 1 is 1.42 bits per heavy atom. The van der Waals surface area contributed by atoms with Crippen LogP contribution in [0.5, 0.6) is 0 Å². The van der Waals surface area contributed by atoms with E-state index in [1.165, 1.54) is 0 Å². The van der Waals surface area contributed by atoms with Crippen molar-refractivity contribution < 1.29 is 4.42 Å². The summed E-state index contributed by atoms with van der Waals surface area (Å²) in [6, 6.07) is 0.543. The number of nitrogens with one attached hydrogen (secondary N) is 2. The topological polar surface area (TPSA) is 75.9 Å². The summed E-state index contributed by atoms with van der Waals surface area (Å²) in [5, 5.41) is 17.5. The Hall–Kier alpha value is -1.47. The molecular weight excluding hydrogens is 262 g/mol. The first-order chi connectivity index (χ1) is 9.19. The van der Waals surface area contributed by atoms with Crippen LogP contribution in [-0.2, 0) is 6.42 Å². The first kappa shape index (κ1) is 14.0. The van der Waals surface area contributed by atoms with E-state index in [1.807, 2.05) is 20.8 Å². The quantitative estimate of drug-likeness (QED) is 0.810. The van der Waals surface area contributed by atoms with Crippen LogP contribution in [0, 0.1) is 6.92 Å². The minimum atomic E-state index is 0.0780. The lowest BCUT2D eigenvalue weighted by Gasteiger charge is -2.05. The second-order valence-electron chi connectivity index (χ2n) is 4.26. The normalized spacial score (nSPS) is 12.6. The lowest BCUT2D eigenvalue weighted by Crippen LogP contribution is -2.17. The summed E-state index contributed by atoms with van der Waals surface area (Å²) in [6.07, 6.45) is 0.852. The number of rotatable bonds is 7. The molecule has 0 aromatic carbocycles. The fraction of sp³-hybridized carbons (Fsp3) is 0.583. The van der Waals surface area contributed by atoms with Crippen LogP contribution in [0.25, 0.3) is 0 Å². The van der Waals surface area contributed by atoms with Crippen molar-refractivity contribution in [1.29, 1.82) is 0 Å². The molecule has 19 heavy (non-hydrogen) atoms. The molecule has 0 radical (unpaired) electrons. The first-order valence-electron chi connectivity index (χ1n) is 6.40. The average molecular weight is 281 g/mol. The molecule has 0 bridgehead atoms. The van der Waals surface area contributed by atoms with Crippen LogP contribution in [0.1, 0.15) is 36.5 Å². The maximum atomic E-state index is 5.53. The Morgan fingerprint density at radius 3 is 2.95 bits per heavy atom. The Kier molecular flexibility index (Phi) is 4.86. The molecule has 7 heteroatoms. The van der Waals surface area contributed by atoms with E-state index in [-0.39, 0.29) is 6.04 Å². The van der Waals surface area contributed by atoms with Gasteiger partial charge in [-0.2, -0.15) is 0 Å². The molecule has 2 aromatic heterocycles. The smallest absolute Gasteiger partial charge is 0.315 e. The summed E-state index contributed by atoms with van der Waals surface area (Å²) in [7, 11) is 0. The lowest BCUT2D eigenvalue weighted by atomic mass is 10.3. The van der Waals surface area contributed by atoms with E-state index in [4.69, 9.17) is 4.42 Å². The number of anilines is 1. The highest BCUT2D eigenvalue weighted by atomic mass is 32.1. The summed E-state index contributed by atoms with van der Waals surface area (Å²) in [5.41, 5.74) is 1.09. The van der Waals surface area contributed by atoms with Crippen molar-refractivity contribution in [2.45, 2.75) is 33.2 Å². The van der Waals surface area contributed by atoms with Gasteiger partial charge in [-0.15, -0.1) is 16.4 Å². The van der Waals surface area contributed by atoms with Crippen molar-refractivity contribution in [2.24, 2.45) is 0 Å². The van der Waals surface area contributed by atoms with Crippen LogP contribution in [0.15, 0.2) is 9.80 Å². The summed E-state index contributed by atoms with van der Waals surface area (Å²) < 4.78 is 5.53. The summed E-state index contributed by atoms with van der Waals surface area (Å²) in [6.45, 7) is 7.66. The highest BCUT2D eigenvalue weighted by Gasteiger charge is 2.12. The van der Waals surface area contributed by atoms with E-state index < -0.39 is 0 Å². The zero-order valence-electron chi connectivity index (χ0n) is 11.4. The lowest BCUT2D eigenvalue weighted by molar-refractivity contribution is 0.429. The number of aryl methyl sites for hydroxylation is 1. The van der Waals surface area contributed by atoms with Gasteiger partial charge < -0.3 is 15.1 Å². The van der Waals surface area contributed by atoms with Crippen molar-refractivity contribution in [2.75, 3.05) is 18.4 Å². The van der Waals surface area contributed by atoms with E-state index in [1.54, 1.807) is 11.3 Å². The Labute approximate surface area is 116 Å². The minimum Gasteiger partial charge on any atom is -0.406 e. The van der Waals surface area contributed by atoms with Crippen molar-refractivity contribution in [3.05, 3.63) is 22.0 Å². The molecule has 104 valence electrons. The van der Waals surface area contributed by atoms with Gasteiger partial charge in [0.15, 0.2) is 0 Å². The molecule has 0 amide bonds. The maximum Gasteiger partial charge on any atom is 0.315 e. The Morgan fingerprint density at radius 2 is 2.26 bits per heavy atom. The predicted octanol–water partition coefficient (Wildman–Crippen LogP) is 2.16. The number of aromatic nitrogens is 3. The second-order valence-corrected chi connectivity index (χ2v) is 5.32. The van der Waals surface area contributed by atoms with Crippen LogP contribution in [-0.4, -0.2) is 28.3 Å². The van der Waals surface area contributed by atoms with E-state index in [0.29, 0.717) is 11.9 Å². The van der Waals surface area contributed by atoms with Crippen LogP contribution >= 0.6 is 11.3 Å². The predicted molar refractivity (Wildman–Crippen MR) is 75.4 cm³/mol. The van der Waals surface area contributed by atoms with Gasteiger partial charge in [-0.3, -0.25) is 0 Å². The molecule has 0 spiro atoms. The van der Waals surface area contributed by atoms with Crippen LogP contribution in [0.3, 0.4) is 0 Å². The Balaban J connectivity index is 1.80. The largest absolute Gasteiger partial charge is 0.406 e. The molecule has 2 N–H and O–H groups in total. The number of hydrogen-bond acceptors (Lipinski definition) is 7. The van der Waals surface area contributed by atoms with Crippen molar-refractivity contribution in [1.82, 2.24) is 20.5 Å². The van der Waals surface area contributed by atoms with Gasteiger partial charge >= 0.3 is 6.01 Å². The zero-order chi connectivity index (χ0) is 13.7. The maximum absolute atomic E-state index is 5.53. The molecule has 6 nitrogen and oxygen atoms in total. The monoisotopic (exact) mass is 281 g/mol. The van der Waals surface area contributed by atoms with Crippen LogP contribution < -0.4 is 10.6 Å². The molecular formula is C12H19N5OS. The number of nitrogens with zero attached hydrogens (tertiary/aromatic N) is 3. The number of hydrogen-bond donors (Lipinski definition) is 2. The van der Waals surface area contributed by atoms with E-state index in [2.05, 4.69) is 31.2 Å². The van der Waals surface area contributed by atoms with Crippen molar-refractivity contribution in [3.63, 3.8) is 0 Å². The third-order valence-electron chi connectivity index (χ3n) is 2.65. The fourth-order valence-electron chi connectivity index (χ4n) is 1.70. The highest BCUT2D eigenvalue weighted by Crippen LogP contribution is 2.13. The van der Waals surface area contributed by atoms with Crippen molar-refractivity contribution >= 4 is 17.4 Å². The van der Waals surface area contributed by atoms with Crippen LogP contribution in [0.4, 0.5) is 6.01 Å². The van der Waals surface area contributed by atoms with E-state index >= 15 is 0 Å². The standard InChI is InChI=1S/C12H19N5OS/c1-4-13-8(2)11-16-17-12(18-11)14-6-5-10-7-19-9(3)15-10/h7-8,13H,4-6H2,1-3H3,(H,14,17). The highest BCUT2D eigenvalue weighted by molar-refractivity contribution is 7.09. The zero-order valence-corrected chi connectivity index (χ0v) is 12.3. The first-order valence-corrected chi connectivity index (χ1v) is 7.28. The third kappa shape index (κ3) is 4.00. The van der Waals surface area contributed by atoms with Gasteiger partial charge in [0.1, 0.15) is 0 Å². The molecule has 2 aromatic rings. The molecule has 0 aliphatic heterocycles. The summed E-state index contributed by atoms with van der Waals surface area (Å²) in [4.78, 5) is 4.40. The molecule has 0 saturated carbocycles. The molecule has 2 rings (SSSR count). The van der Waals surface area contributed by atoms with Gasteiger partial charge in [0.05, 0.1) is 16.7 Å². The van der Waals surface area contributed by atoms with Gasteiger partial charge in [-0.25, -0.2) is 4.98 Å². The number of thiazole rings is 1. The van der Waals surface area contributed by atoms with Crippen molar-refractivity contribution in [3.8, 4) is 0 Å². The van der Waals surface area contributed by atoms with Crippen LogP contribution in [0.2, 0.25) is 0 Å².